The third kappa shape index (κ3) is 3.90. The van der Waals surface area contributed by atoms with Gasteiger partial charge in [-0.15, -0.1) is 5.10 Å². The van der Waals surface area contributed by atoms with Gasteiger partial charge in [0, 0.05) is 11.0 Å². The van der Waals surface area contributed by atoms with E-state index < -0.39 is 0 Å². The van der Waals surface area contributed by atoms with Crippen LogP contribution in [0, 0.1) is 5.41 Å². The third-order valence-corrected chi connectivity index (χ3v) is 4.94. The Morgan fingerprint density at radius 2 is 1.59 bits per heavy atom. The summed E-state index contributed by atoms with van der Waals surface area (Å²) >= 11 is 0. The minimum Gasteiger partial charge on any atom is -0.330 e. The lowest BCUT2D eigenvalue weighted by Crippen LogP contribution is -2.41. The summed E-state index contributed by atoms with van der Waals surface area (Å²) in [6, 6.07) is 25.5. The number of fused-ring (bicyclic) bond motifs is 1. The summed E-state index contributed by atoms with van der Waals surface area (Å²) in [5.41, 5.74) is 4.15. The molecule has 0 radical (unpaired) electrons. The van der Waals surface area contributed by atoms with Gasteiger partial charge in [-0.1, -0.05) is 80.6 Å². The Morgan fingerprint density at radius 3 is 2.34 bits per heavy atom. The molecule has 0 saturated carbocycles. The van der Waals surface area contributed by atoms with Crippen molar-refractivity contribution in [3.05, 3.63) is 84.4 Å². The first-order chi connectivity index (χ1) is 13.9. The quantitative estimate of drug-likeness (QED) is 0.534. The Kier molecular flexibility index (Phi) is 4.89. The van der Waals surface area contributed by atoms with E-state index in [1.165, 1.54) is 0 Å². The number of carbonyl (C=O) groups is 1. The van der Waals surface area contributed by atoms with Gasteiger partial charge >= 0.3 is 0 Å². The topological polar surface area (TPSA) is 59.8 Å². The number of benzene rings is 3. The van der Waals surface area contributed by atoms with E-state index in [2.05, 4.69) is 36.4 Å². The van der Waals surface area contributed by atoms with E-state index in [4.69, 9.17) is 0 Å². The summed E-state index contributed by atoms with van der Waals surface area (Å²) in [5, 5.41) is 11.7. The highest BCUT2D eigenvalue weighted by molar-refractivity contribution is 5.95. The highest BCUT2D eigenvalue weighted by Crippen LogP contribution is 2.30. The minimum absolute atomic E-state index is 0.137. The Labute approximate surface area is 170 Å². The van der Waals surface area contributed by atoms with E-state index in [-0.39, 0.29) is 17.5 Å². The number of hydrogen-bond acceptors (Lipinski definition) is 3. The van der Waals surface area contributed by atoms with Gasteiger partial charge in [0.15, 0.2) is 0 Å². The molecule has 5 nitrogen and oxygen atoms in total. The number of nitrogens with one attached hydrogen (secondary N) is 1. The molecule has 4 rings (SSSR count). The van der Waals surface area contributed by atoms with Crippen LogP contribution in [0.4, 0.5) is 0 Å². The maximum atomic E-state index is 13.1. The largest absolute Gasteiger partial charge is 0.330 e. The highest BCUT2D eigenvalue weighted by atomic mass is 16.1. The Bertz CT molecular complexity index is 1140. The second kappa shape index (κ2) is 7.51. The van der Waals surface area contributed by atoms with Crippen molar-refractivity contribution in [3.8, 4) is 11.1 Å². The Balaban J connectivity index is 1.66. The summed E-state index contributed by atoms with van der Waals surface area (Å²) in [5.74, 6) is -0.137. The molecule has 1 atom stereocenters. The highest BCUT2D eigenvalue weighted by Gasteiger charge is 2.30. The molecule has 1 amide bonds. The van der Waals surface area contributed by atoms with Crippen LogP contribution < -0.4 is 5.32 Å². The zero-order valence-corrected chi connectivity index (χ0v) is 16.8. The molecule has 1 N–H and O–H groups in total. The number of para-hydroxylation sites is 1. The molecule has 0 aliphatic rings. The van der Waals surface area contributed by atoms with Crippen LogP contribution >= 0.6 is 0 Å². The maximum absolute atomic E-state index is 13.1. The summed E-state index contributed by atoms with van der Waals surface area (Å²) in [4.78, 5) is 13.1. The van der Waals surface area contributed by atoms with Gasteiger partial charge in [-0.2, -0.15) is 0 Å². The summed E-state index contributed by atoms with van der Waals surface area (Å²) < 4.78 is 1.80. The lowest BCUT2D eigenvalue weighted by atomic mass is 9.91. The lowest BCUT2D eigenvalue weighted by molar-refractivity contribution is 0.0843. The summed E-state index contributed by atoms with van der Waals surface area (Å²) in [6.45, 7) is 6.23. The van der Waals surface area contributed by atoms with Crippen molar-refractivity contribution in [3.63, 3.8) is 0 Å². The Hall–Kier alpha value is -3.47. The molecule has 3 aromatic carbocycles. The third-order valence-electron chi connectivity index (χ3n) is 4.94. The molecule has 0 aliphatic heterocycles. The SMILES string of the molecule is CC(C)(C)C(NC(=O)c1cccc(-c2ccccc2)c1)n1nnc2ccccc21. The van der Waals surface area contributed by atoms with Crippen LogP contribution in [0.15, 0.2) is 78.9 Å². The predicted molar refractivity (Wildman–Crippen MR) is 115 cm³/mol. The smallest absolute Gasteiger partial charge is 0.252 e. The van der Waals surface area contributed by atoms with Gasteiger partial charge in [-0.3, -0.25) is 4.79 Å². The molecule has 0 fully saturated rings. The first kappa shape index (κ1) is 18.9. The fraction of sp³-hybridized carbons (Fsp3) is 0.208. The molecule has 29 heavy (non-hydrogen) atoms. The van der Waals surface area contributed by atoms with Crippen LogP contribution in [0.1, 0.15) is 37.3 Å². The number of aromatic nitrogens is 3. The first-order valence-corrected chi connectivity index (χ1v) is 9.70. The molecule has 0 bridgehead atoms. The van der Waals surface area contributed by atoms with Crippen LogP contribution in [0.2, 0.25) is 0 Å². The van der Waals surface area contributed by atoms with Crippen LogP contribution in [0.3, 0.4) is 0 Å². The van der Waals surface area contributed by atoms with Gasteiger partial charge < -0.3 is 5.32 Å². The first-order valence-electron chi connectivity index (χ1n) is 9.70. The Morgan fingerprint density at radius 1 is 0.897 bits per heavy atom. The zero-order valence-electron chi connectivity index (χ0n) is 16.8. The molecule has 4 aromatic rings. The molecule has 0 saturated heterocycles. The molecule has 1 unspecified atom stereocenters. The van der Waals surface area contributed by atoms with Crippen molar-refractivity contribution in [1.29, 1.82) is 0 Å². The van der Waals surface area contributed by atoms with Crippen LogP contribution in [0.25, 0.3) is 22.2 Å². The van der Waals surface area contributed by atoms with Gasteiger partial charge in [-0.05, 0) is 35.4 Å². The van der Waals surface area contributed by atoms with Crippen molar-refractivity contribution < 1.29 is 4.79 Å². The summed E-state index contributed by atoms with van der Waals surface area (Å²) in [6.07, 6.45) is -0.345. The number of amides is 1. The number of nitrogens with zero attached hydrogens (tertiary/aromatic N) is 3. The van der Waals surface area contributed by atoms with Crippen LogP contribution in [-0.2, 0) is 0 Å². The zero-order chi connectivity index (χ0) is 20.4. The molecule has 5 heteroatoms. The minimum atomic E-state index is -0.345. The van der Waals surface area contributed by atoms with E-state index in [1.54, 1.807) is 4.68 Å². The van der Waals surface area contributed by atoms with Gasteiger partial charge in [0.25, 0.3) is 5.91 Å². The predicted octanol–water partition coefficient (Wildman–Crippen LogP) is 5.07. The summed E-state index contributed by atoms with van der Waals surface area (Å²) in [7, 11) is 0. The van der Waals surface area contributed by atoms with E-state index in [1.807, 2.05) is 78.9 Å². The standard InChI is InChI=1S/C24H24N4O/c1-24(2,3)23(28-21-15-8-7-14-20(21)26-27-28)25-22(29)19-13-9-12-18(16-19)17-10-5-4-6-11-17/h4-16,23H,1-3H3,(H,25,29). The average molecular weight is 384 g/mol. The number of rotatable bonds is 4. The maximum Gasteiger partial charge on any atom is 0.252 e. The normalized spacial score (nSPS) is 12.7. The van der Waals surface area contributed by atoms with Crippen molar-refractivity contribution in [1.82, 2.24) is 20.3 Å². The van der Waals surface area contributed by atoms with Crippen LogP contribution in [-0.4, -0.2) is 20.9 Å². The lowest BCUT2D eigenvalue weighted by Gasteiger charge is -2.31. The van der Waals surface area contributed by atoms with Crippen molar-refractivity contribution in [2.75, 3.05) is 0 Å². The van der Waals surface area contributed by atoms with E-state index >= 15 is 0 Å². The van der Waals surface area contributed by atoms with E-state index in [0.717, 1.165) is 22.2 Å². The molecular weight excluding hydrogens is 360 g/mol. The van der Waals surface area contributed by atoms with Gasteiger partial charge in [0.05, 0.1) is 5.52 Å². The van der Waals surface area contributed by atoms with E-state index in [0.29, 0.717) is 5.56 Å². The van der Waals surface area contributed by atoms with Crippen molar-refractivity contribution in [2.24, 2.45) is 5.41 Å². The molecular formula is C24H24N4O. The molecule has 146 valence electrons. The fourth-order valence-corrected chi connectivity index (χ4v) is 3.40. The van der Waals surface area contributed by atoms with Gasteiger partial charge in [-0.25, -0.2) is 4.68 Å². The number of carbonyl (C=O) groups excluding carboxylic acids is 1. The van der Waals surface area contributed by atoms with E-state index in [9.17, 15) is 4.79 Å². The second-order valence-corrected chi connectivity index (χ2v) is 8.21. The fourth-order valence-electron chi connectivity index (χ4n) is 3.40. The van der Waals surface area contributed by atoms with Crippen LogP contribution in [0.5, 0.6) is 0 Å². The van der Waals surface area contributed by atoms with Gasteiger partial charge in [0.1, 0.15) is 11.7 Å². The molecule has 0 aliphatic carbocycles. The second-order valence-electron chi connectivity index (χ2n) is 8.21. The number of hydrogen-bond donors (Lipinski definition) is 1. The molecule has 1 heterocycles. The van der Waals surface area contributed by atoms with Gasteiger partial charge in [0.2, 0.25) is 0 Å². The molecule has 1 aromatic heterocycles. The monoisotopic (exact) mass is 384 g/mol. The average Bonchev–Trinajstić information content (AvgIpc) is 3.15. The van der Waals surface area contributed by atoms with Crippen molar-refractivity contribution >= 4 is 16.9 Å². The molecule has 0 spiro atoms. The van der Waals surface area contributed by atoms with Crippen molar-refractivity contribution in [2.45, 2.75) is 26.9 Å².